The molecular formula is C17H19N3O3. The van der Waals surface area contributed by atoms with Crippen molar-refractivity contribution in [2.24, 2.45) is 0 Å². The molecular weight excluding hydrogens is 294 g/mol. The monoisotopic (exact) mass is 313 g/mol. The Morgan fingerprint density at radius 1 is 1.43 bits per heavy atom. The van der Waals surface area contributed by atoms with Gasteiger partial charge in [0.25, 0.3) is 0 Å². The fraction of sp³-hybridized carbons (Fsp3) is 0.412. The first-order chi connectivity index (χ1) is 11.2. The fourth-order valence-corrected chi connectivity index (χ4v) is 2.77. The summed E-state index contributed by atoms with van der Waals surface area (Å²) in [5.74, 6) is 1.08. The number of aromatic nitrogens is 1. The van der Waals surface area contributed by atoms with Crippen molar-refractivity contribution in [1.82, 2.24) is 10.1 Å². The van der Waals surface area contributed by atoms with Crippen LogP contribution in [0.3, 0.4) is 0 Å². The number of ether oxygens (including phenoxy) is 1. The predicted molar refractivity (Wildman–Crippen MR) is 82.5 cm³/mol. The molecule has 1 saturated heterocycles. The Bertz CT molecular complexity index is 684. The molecule has 0 amide bonds. The highest BCUT2D eigenvalue weighted by Crippen LogP contribution is 2.28. The van der Waals surface area contributed by atoms with Crippen LogP contribution in [-0.4, -0.2) is 41.9 Å². The van der Waals surface area contributed by atoms with E-state index in [4.69, 9.17) is 14.5 Å². The predicted octanol–water partition coefficient (Wildman–Crippen LogP) is 1.83. The van der Waals surface area contributed by atoms with Crippen molar-refractivity contribution in [1.29, 1.82) is 5.26 Å². The molecule has 1 fully saturated rings. The highest BCUT2D eigenvalue weighted by atomic mass is 16.5. The van der Waals surface area contributed by atoms with Crippen LogP contribution in [0.1, 0.15) is 34.6 Å². The van der Waals surface area contributed by atoms with E-state index in [9.17, 15) is 5.11 Å². The van der Waals surface area contributed by atoms with Crippen molar-refractivity contribution < 1.29 is 14.4 Å². The molecule has 1 aliphatic rings. The highest BCUT2D eigenvalue weighted by molar-refractivity contribution is 5.32. The van der Waals surface area contributed by atoms with Crippen molar-refractivity contribution in [2.75, 3.05) is 26.7 Å². The second-order valence-electron chi connectivity index (χ2n) is 5.82. The standard InChI is InChI=1S/C17H19N3O3/c1-22-11-15-6-16(19-23-15)14-8-20(9-14)10-17(21)13-4-2-12(7-18)3-5-13/h2-6,14,17,21H,8-11H2,1H3. The lowest BCUT2D eigenvalue weighted by Crippen LogP contribution is -2.46. The number of nitriles is 1. The van der Waals surface area contributed by atoms with Gasteiger partial charge in [0.15, 0.2) is 5.76 Å². The number of nitrogens with zero attached hydrogens (tertiary/aromatic N) is 3. The Morgan fingerprint density at radius 3 is 2.83 bits per heavy atom. The summed E-state index contributed by atoms with van der Waals surface area (Å²) in [6.07, 6.45) is -0.551. The number of β-amino-alcohol motifs (C(OH)–C–C–N with tert-alkyl or cyclic N) is 1. The molecule has 120 valence electrons. The lowest BCUT2D eigenvalue weighted by atomic mass is 9.95. The van der Waals surface area contributed by atoms with E-state index in [0.717, 1.165) is 30.1 Å². The first-order valence-electron chi connectivity index (χ1n) is 7.54. The van der Waals surface area contributed by atoms with E-state index in [1.54, 1.807) is 31.4 Å². The number of aliphatic hydroxyl groups is 1. The summed E-state index contributed by atoms with van der Waals surface area (Å²) in [6, 6.07) is 11.1. The molecule has 0 radical (unpaired) electrons. The zero-order valence-corrected chi connectivity index (χ0v) is 13.0. The minimum absolute atomic E-state index is 0.345. The zero-order valence-electron chi connectivity index (χ0n) is 13.0. The molecule has 6 nitrogen and oxygen atoms in total. The summed E-state index contributed by atoms with van der Waals surface area (Å²) in [5, 5.41) is 23.1. The van der Waals surface area contributed by atoms with Gasteiger partial charge >= 0.3 is 0 Å². The van der Waals surface area contributed by atoms with Gasteiger partial charge in [-0.25, -0.2) is 0 Å². The smallest absolute Gasteiger partial charge is 0.162 e. The largest absolute Gasteiger partial charge is 0.387 e. The van der Waals surface area contributed by atoms with Crippen LogP contribution in [0.2, 0.25) is 0 Å². The number of hydrogen-bond donors (Lipinski definition) is 1. The van der Waals surface area contributed by atoms with Crippen molar-refractivity contribution in [3.63, 3.8) is 0 Å². The van der Waals surface area contributed by atoms with Gasteiger partial charge in [0.05, 0.1) is 23.4 Å². The maximum absolute atomic E-state index is 10.3. The highest BCUT2D eigenvalue weighted by Gasteiger charge is 2.31. The summed E-state index contributed by atoms with van der Waals surface area (Å²) < 4.78 is 10.2. The Morgan fingerprint density at radius 2 is 2.17 bits per heavy atom. The lowest BCUT2D eigenvalue weighted by molar-refractivity contribution is 0.0626. The SMILES string of the molecule is COCc1cc(C2CN(CC(O)c3ccc(C#N)cc3)C2)no1. The molecule has 0 bridgehead atoms. The zero-order chi connectivity index (χ0) is 16.2. The second-order valence-corrected chi connectivity index (χ2v) is 5.82. The molecule has 6 heteroatoms. The maximum atomic E-state index is 10.3. The molecule has 1 unspecified atom stereocenters. The topological polar surface area (TPSA) is 82.5 Å². The summed E-state index contributed by atoms with van der Waals surface area (Å²) in [4.78, 5) is 2.18. The molecule has 23 heavy (non-hydrogen) atoms. The first kappa shape index (κ1) is 15.7. The molecule has 3 rings (SSSR count). The van der Waals surface area contributed by atoms with Crippen LogP contribution < -0.4 is 0 Å². The van der Waals surface area contributed by atoms with Crippen molar-refractivity contribution in [2.45, 2.75) is 18.6 Å². The van der Waals surface area contributed by atoms with Gasteiger partial charge in [-0.1, -0.05) is 17.3 Å². The van der Waals surface area contributed by atoms with E-state index in [1.165, 1.54) is 0 Å². The molecule has 1 aromatic heterocycles. The number of rotatable bonds is 6. The van der Waals surface area contributed by atoms with Crippen LogP contribution >= 0.6 is 0 Å². The molecule has 0 aliphatic carbocycles. The number of hydrogen-bond acceptors (Lipinski definition) is 6. The van der Waals surface area contributed by atoms with Gasteiger partial charge in [-0.05, 0) is 17.7 Å². The molecule has 0 spiro atoms. The van der Waals surface area contributed by atoms with E-state index >= 15 is 0 Å². The normalized spacial score (nSPS) is 16.7. The quantitative estimate of drug-likeness (QED) is 0.876. The summed E-state index contributed by atoms with van der Waals surface area (Å²) in [7, 11) is 1.62. The van der Waals surface area contributed by atoms with Gasteiger partial charge in [0.2, 0.25) is 0 Å². The molecule has 1 atom stereocenters. The van der Waals surface area contributed by atoms with Gasteiger partial charge in [-0.15, -0.1) is 0 Å². The summed E-state index contributed by atoms with van der Waals surface area (Å²) in [5.41, 5.74) is 2.38. The Hall–Kier alpha value is -2.20. The minimum Gasteiger partial charge on any atom is -0.387 e. The van der Waals surface area contributed by atoms with Gasteiger partial charge in [0.1, 0.15) is 6.61 Å². The van der Waals surface area contributed by atoms with Gasteiger partial charge in [-0.2, -0.15) is 5.26 Å². The Labute approximate surface area is 134 Å². The third kappa shape index (κ3) is 3.59. The number of benzene rings is 1. The summed E-state index contributed by atoms with van der Waals surface area (Å²) >= 11 is 0. The number of aliphatic hydroxyl groups excluding tert-OH is 1. The maximum Gasteiger partial charge on any atom is 0.162 e. The van der Waals surface area contributed by atoms with Gasteiger partial charge in [-0.3, -0.25) is 4.90 Å². The van der Waals surface area contributed by atoms with E-state index in [-0.39, 0.29) is 0 Å². The van der Waals surface area contributed by atoms with Crippen LogP contribution in [0.5, 0.6) is 0 Å². The van der Waals surface area contributed by atoms with E-state index < -0.39 is 6.10 Å². The van der Waals surface area contributed by atoms with Gasteiger partial charge < -0.3 is 14.4 Å². The van der Waals surface area contributed by atoms with Crippen LogP contribution in [0, 0.1) is 11.3 Å². The first-order valence-corrected chi connectivity index (χ1v) is 7.54. The van der Waals surface area contributed by atoms with Crippen molar-refractivity contribution in [3.05, 3.63) is 52.9 Å². The van der Waals surface area contributed by atoms with Crippen LogP contribution in [0.15, 0.2) is 34.9 Å². The van der Waals surface area contributed by atoms with Crippen molar-refractivity contribution in [3.8, 4) is 6.07 Å². The Balaban J connectivity index is 1.50. The van der Waals surface area contributed by atoms with Gasteiger partial charge in [0, 0.05) is 38.7 Å². The molecule has 2 heterocycles. The minimum atomic E-state index is -0.551. The molecule has 1 aliphatic heterocycles. The third-order valence-electron chi connectivity index (χ3n) is 4.09. The molecule has 1 aromatic carbocycles. The molecule has 0 saturated carbocycles. The van der Waals surface area contributed by atoms with Crippen LogP contribution in [0.4, 0.5) is 0 Å². The van der Waals surface area contributed by atoms with E-state index in [0.29, 0.717) is 24.6 Å². The third-order valence-corrected chi connectivity index (χ3v) is 4.09. The molecule has 2 aromatic rings. The fourth-order valence-electron chi connectivity index (χ4n) is 2.77. The second kappa shape index (κ2) is 6.92. The van der Waals surface area contributed by atoms with E-state index in [1.807, 2.05) is 6.07 Å². The van der Waals surface area contributed by atoms with Crippen molar-refractivity contribution >= 4 is 0 Å². The Kier molecular flexibility index (Phi) is 4.72. The average molecular weight is 313 g/mol. The number of likely N-dealkylation sites (tertiary alicyclic amines) is 1. The summed E-state index contributed by atoms with van der Waals surface area (Å²) in [6.45, 7) is 2.71. The number of methoxy groups -OCH3 is 1. The van der Waals surface area contributed by atoms with Crippen LogP contribution in [-0.2, 0) is 11.3 Å². The lowest BCUT2D eigenvalue weighted by Gasteiger charge is -2.39. The average Bonchev–Trinajstić information content (AvgIpc) is 2.98. The van der Waals surface area contributed by atoms with Crippen LogP contribution in [0.25, 0.3) is 0 Å². The molecule has 1 N–H and O–H groups in total. The van der Waals surface area contributed by atoms with E-state index in [2.05, 4.69) is 16.1 Å².